The van der Waals surface area contributed by atoms with Crippen LogP contribution in [0.5, 0.6) is 5.75 Å². The molecule has 1 atom stereocenters. The van der Waals surface area contributed by atoms with E-state index in [-0.39, 0.29) is 17.4 Å². The first-order valence-electron chi connectivity index (χ1n) is 10.0. The first-order valence-corrected chi connectivity index (χ1v) is 10.0. The Balaban J connectivity index is 1.35. The highest BCUT2D eigenvalue weighted by molar-refractivity contribution is 5.97. The highest BCUT2D eigenvalue weighted by atomic mass is 16.5. The molecule has 1 unspecified atom stereocenters. The number of hydrogen-bond donors (Lipinski definition) is 3. The zero-order valence-electron chi connectivity index (χ0n) is 16.8. The summed E-state index contributed by atoms with van der Waals surface area (Å²) >= 11 is 0. The molecule has 1 aromatic heterocycles. The Morgan fingerprint density at radius 2 is 1.97 bits per heavy atom. The normalized spacial score (nSPS) is 18.8. The van der Waals surface area contributed by atoms with Crippen molar-refractivity contribution in [2.75, 3.05) is 26.7 Å². The van der Waals surface area contributed by atoms with Crippen LogP contribution in [-0.4, -0.2) is 59.5 Å². The topological polar surface area (TPSA) is 99.4 Å². The van der Waals surface area contributed by atoms with E-state index in [1.807, 2.05) is 4.90 Å². The number of imidazole rings is 1. The molecule has 1 aromatic carbocycles. The number of likely N-dealkylation sites (tertiary alicyclic amines) is 1. The van der Waals surface area contributed by atoms with Gasteiger partial charge in [0.25, 0.3) is 5.91 Å². The Bertz CT molecular complexity index is 884. The summed E-state index contributed by atoms with van der Waals surface area (Å²) in [6.45, 7) is 3.93. The third kappa shape index (κ3) is 3.72. The molecule has 154 valence electrons. The van der Waals surface area contributed by atoms with Crippen molar-refractivity contribution < 1.29 is 14.3 Å². The van der Waals surface area contributed by atoms with Crippen LogP contribution in [0.3, 0.4) is 0 Å². The molecule has 0 saturated carbocycles. The minimum Gasteiger partial charge on any atom is -0.497 e. The van der Waals surface area contributed by atoms with Gasteiger partial charge in [-0.2, -0.15) is 0 Å². The maximum atomic E-state index is 12.9. The summed E-state index contributed by atoms with van der Waals surface area (Å²) in [5.74, 6) is 0.362. The Morgan fingerprint density at radius 1 is 1.24 bits per heavy atom. The van der Waals surface area contributed by atoms with Crippen molar-refractivity contribution >= 4 is 11.8 Å². The maximum Gasteiger partial charge on any atom is 0.251 e. The third-order valence-corrected chi connectivity index (χ3v) is 6.01. The van der Waals surface area contributed by atoms with E-state index in [1.165, 1.54) is 5.69 Å². The Hall–Kier alpha value is -2.87. The van der Waals surface area contributed by atoms with Crippen molar-refractivity contribution in [3.05, 3.63) is 47.5 Å². The monoisotopic (exact) mass is 397 g/mol. The Labute approximate surface area is 170 Å². The molecule has 1 fully saturated rings. The molecule has 0 radical (unpaired) electrons. The average molecular weight is 397 g/mol. The molecule has 1 saturated heterocycles. The lowest BCUT2D eigenvalue weighted by Gasteiger charge is -2.44. The van der Waals surface area contributed by atoms with Gasteiger partial charge in [0, 0.05) is 37.3 Å². The summed E-state index contributed by atoms with van der Waals surface area (Å²) in [7, 11) is 1.58. The molecule has 1 spiro atoms. The van der Waals surface area contributed by atoms with Gasteiger partial charge in [-0.05, 0) is 44.0 Å². The second-order valence-electron chi connectivity index (χ2n) is 7.74. The highest BCUT2D eigenvalue weighted by Gasteiger charge is 2.42. The van der Waals surface area contributed by atoms with Crippen LogP contribution in [0.4, 0.5) is 0 Å². The van der Waals surface area contributed by atoms with Gasteiger partial charge in [0.15, 0.2) is 0 Å². The standard InChI is InChI=1S/C21H27N5O3/c1-14(25-19(27)15-3-5-16(29-2)6-4-15)20(28)26-11-8-21(9-12-26)18-17(7-10-24-21)22-13-23-18/h3-6,13-14,24H,7-12H2,1-2H3,(H,22,23)(H,25,27). The number of aromatic nitrogens is 2. The first-order chi connectivity index (χ1) is 14.0. The van der Waals surface area contributed by atoms with E-state index in [0.29, 0.717) is 24.4 Å². The largest absolute Gasteiger partial charge is 0.497 e. The highest BCUT2D eigenvalue weighted by Crippen LogP contribution is 2.35. The maximum absolute atomic E-state index is 12.9. The number of methoxy groups -OCH3 is 1. The number of aromatic amines is 1. The van der Waals surface area contributed by atoms with Crippen LogP contribution >= 0.6 is 0 Å². The number of fused-ring (bicyclic) bond motifs is 2. The lowest BCUT2D eigenvalue weighted by atomic mass is 9.80. The zero-order valence-corrected chi connectivity index (χ0v) is 16.8. The quantitative estimate of drug-likeness (QED) is 0.720. The summed E-state index contributed by atoms with van der Waals surface area (Å²) in [5.41, 5.74) is 2.64. The second kappa shape index (κ2) is 7.87. The lowest BCUT2D eigenvalue weighted by Crippen LogP contribution is -2.57. The number of carbonyl (C=O) groups is 2. The molecule has 4 rings (SSSR count). The van der Waals surface area contributed by atoms with Gasteiger partial charge in [0.2, 0.25) is 5.91 Å². The molecule has 0 bridgehead atoms. The predicted molar refractivity (Wildman–Crippen MR) is 108 cm³/mol. The van der Waals surface area contributed by atoms with Crippen LogP contribution in [0.1, 0.15) is 41.5 Å². The summed E-state index contributed by atoms with van der Waals surface area (Å²) in [6.07, 6.45) is 4.34. The van der Waals surface area contributed by atoms with Crippen molar-refractivity contribution in [3.63, 3.8) is 0 Å². The van der Waals surface area contributed by atoms with Crippen molar-refractivity contribution in [1.82, 2.24) is 25.5 Å². The number of ether oxygens (including phenoxy) is 1. The second-order valence-corrected chi connectivity index (χ2v) is 7.74. The van der Waals surface area contributed by atoms with Crippen LogP contribution in [0.15, 0.2) is 30.6 Å². The lowest BCUT2D eigenvalue weighted by molar-refractivity contribution is -0.134. The molecule has 2 amide bonds. The summed E-state index contributed by atoms with van der Waals surface area (Å²) in [4.78, 5) is 34.9. The Kier molecular flexibility index (Phi) is 5.27. The summed E-state index contributed by atoms with van der Waals surface area (Å²) in [6, 6.07) is 6.25. The molecule has 8 heteroatoms. The fourth-order valence-electron chi connectivity index (χ4n) is 4.31. The van der Waals surface area contributed by atoms with Crippen LogP contribution in [0.25, 0.3) is 0 Å². The van der Waals surface area contributed by atoms with Gasteiger partial charge in [-0.1, -0.05) is 0 Å². The van der Waals surface area contributed by atoms with Crippen LogP contribution in [0, 0.1) is 0 Å². The van der Waals surface area contributed by atoms with E-state index < -0.39 is 6.04 Å². The molecule has 3 heterocycles. The number of H-pyrrole nitrogens is 1. The number of benzene rings is 1. The summed E-state index contributed by atoms with van der Waals surface area (Å²) in [5, 5.41) is 6.44. The van der Waals surface area contributed by atoms with E-state index in [1.54, 1.807) is 44.6 Å². The van der Waals surface area contributed by atoms with Gasteiger partial charge in [-0.3, -0.25) is 9.59 Å². The van der Waals surface area contributed by atoms with E-state index >= 15 is 0 Å². The van der Waals surface area contributed by atoms with E-state index in [4.69, 9.17) is 4.74 Å². The number of nitrogens with zero attached hydrogens (tertiary/aromatic N) is 2. The molecule has 8 nitrogen and oxygen atoms in total. The molecule has 2 aromatic rings. The number of piperidine rings is 1. The minimum absolute atomic E-state index is 0.0558. The number of carbonyl (C=O) groups excluding carboxylic acids is 2. The van der Waals surface area contributed by atoms with Gasteiger partial charge in [0.1, 0.15) is 11.8 Å². The Morgan fingerprint density at radius 3 is 2.66 bits per heavy atom. The van der Waals surface area contributed by atoms with Crippen molar-refractivity contribution in [2.45, 2.75) is 37.8 Å². The van der Waals surface area contributed by atoms with Gasteiger partial charge in [-0.25, -0.2) is 4.98 Å². The summed E-state index contributed by atoms with van der Waals surface area (Å²) < 4.78 is 5.11. The molecular formula is C21H27N5O3. The van der Waals surface area contributed by atoms with Gasteiger partial charge < -0.3 is 25.3 Å². The smallest absolute Gasteiger partial charge is 0.251 e. The van der Waals surface area contributed by atoms with Crippen LogP contribution in [0.2, 0.25) is 0 Å². The van der Waals surface area contributed by atoms with Gasteiger partial charge in [-0.15, -0.1) is 0 Å². The fourth-order valence-corrected chi connectivity index (χ4v) is 4.31. The fraction of sp³-hybridized carbons (Fsp3) is 0.476. The molecule has 0 aliphatic carbocycles. The molecule has 2 aliphatic rings. The third-order valence-electron chi connectivity index (χ3n) is 6.01. The molecular weight excluding hydrogens is 370 g/mol. The zero-order chi connectivity index (χ0) is 20.4. The van der Waals surface area contributed by atoms with E-state index in [9.17, 15) is 9.59 Å². The van der Waals surface area contributed by atoms with E-state index in [0.717, 1.165) is 31.5 Å². The number of rotatable bonds is 4. The average Bonchev–Trinajstić information content (AvgIpc) is 3.24. The minimum atomic E-state index is -0.584. The van der Waals surface area contributed by atoms with Crippen molar-refractivity contribution in [1.29, 1.82) is 0 Å². The van der Waals surface area contributed by atoms with Crippen molar-refractivity contribution in [3.8, 4) is 5.75 Å². The van der Waals surface area contributed by atoms with Gasteiger partial charge >= 0.3 is 0 Å². The predicted octanol–water partition coefficient (Wildman–Crippen LogP) is 1.20. The van der Waals surface area contributed by atoms with Crippen LogP contribution in [-0.2, 0) is 16.8 Å². The van der Waals surface area contributed by atoms with Crippen LogP contribution < -0.4 is 15.4 Å². The van der Waals surface area contributed by atoms with Crippen molar-refractivity contribution in [2.24, 2.45) is 0 Å². The van der Waals surface area contributed by atoms with Gasteiger partial charge in [0.05, 0.1) is 24.7 Å². The van der Waals surface area contributed by atoms with E-state index in [2.05, 4.69) is 20.6 Å². The molecule has 29 heavy (non-hydrogen) atoms. The number of hydrogen-bond acceptors (Lipinski definition) is 5. The SMILES string of the molecule is COc1ccc(C(=O)NC(C)C(=O)N2CCC3(CC2)NCCc2[nH]cnc23)cc1. The molecule has 2 aliphatic heterocycles. The molecule has 3 N–H and O–H groups in total. The number of nitrogens with one attached hydrogen (secondary N) is 3. The first kappa shape index (κ1) is 19.4. The number of amides is 2.